The Morgan fingerprint density at radius 1 is 1.16 bits per heavy atom. The van der Waals surface area contributed by atoms with Crippen LogP contribution in [0, 0.1) is 5.82 Å². The molecule has 19 heavy (non-hydrogen) atoms. The van der Waals surface area contributed by atoms with Gasteiger partial charge in [0.05, 0.1) is 0 Å². The van der Waals surface area contributed by atoms with Gasteiger partial charge in [-0.25, -0.2) is 4.39 Å². The molecule has 0 aliphatic heterocycles. The lowest BCUT2D eigenvalue weighted by molar-refractivity contribution is 0.290. The van der Waals surface area contributed by atoms with Crippen LogP contribution in [0.15, 0.2) is 46.9 Å². The van der Waals surface area contributed by atoms with Crippen LogP contribution in [0.25, 0.3) is 0 Å². The van der Waals surface area contributed by atoms with E-state index in [2.05, 4.69) is 21.2 Å². The maximum absolute atomic E-state index is 13.6. The van der Waals surface area contributed by atoms with E-state index in [0.29, 0.717) is 11.1 Å². The minimum atomic E-state index is -0.360. The molecule has 2 rings (SSSR count). The van der Waals surface area contributed by atoms with E-state index >= 15 is 0 Å². The zero-order valence-corrected chi connectivity index (χ0v) is 12.2. The van der Waals surface area contributed by atoms with Crippen molar-refractivity contribution in [3.05, 3.63) is 63.9 Å². The van der Waals surface area contributed by atoms with Gasteiger partial charge in [0.25, 0.3) is 0 Å². The Kier molecular flexibility index (Phi) is 4.93. The fourth-order valence-corrected chi connectivity index (χ4v) is 2.12. The molecule has 2 aromatic carbocycles. The topological polar surface area (TPSA) is 21.3 Å². The third-order valence-corrected chi connectivity index (χ3v) is 3.15. The highest BCUT2D eigenvalue weighted by Gasteiger charge is 2.04. The van der Waals surface area contributed by atoms with Crippen LogP contribution in [-0.4, -0.2) is 7.05 Å². The highest BCUT2D eigenvalue weighted by atomic mass is 79.9. The summed E-state index contributed by atoms with van der Waals surface area (Å²) in [5, 5.41) is 3.09. The summed E-state index contributed by atoms with van der Waals surface area (Å²) in [4.78, 5) is 0. The van der Waals surface area contributed by atoms with Crippen LogP contribution in [0.2, 0.25) is 0 Å². The molecule has 0 aliphatic carbocycles. The van der Waals surface area contributed by atoms with Gasteiger partial charge in [-0.3, -0.25) is 0 Å². The molecule has 100 valence electrons. The van der Waals surface area contributed by atoms with Crippen LogP contribution in [-0.2, 0) is 13.2 Å². The van der Waals surface area contributed by atoms with Crippen molar-refractivity contribution in [1.29, 1.82) is 0 Å². The number of ether oxygens (including phenoxy) is 1. The predicted molar refractivity (Wildman–Crippen MR) is 77.6 cm³/mol. The molecule has 0 fully saturated rings. The second kappa shape index (κ2) is 6.68. The van der Waals surface area contributed by atoms with Crippen molar-refractivity contribution in [2.75, 3.05) is 7.05 Å². The van der Waals surface area contributed by atoms with Gasteiger partial charge in [0, 0.05) is 11.0 Å². The van der Waals surface area contributed by atoms with E-state index < -0.39 is 0 Å². The van der Waals surface area contributed by atoms with Crippen LogP contribution in [0.1, 0.15) is 11.1 Å². The predicted octanol–water partition coefficient (Wildman–Crippen LogP) is 3.89. The minimum Gasteiger partial charge on any atom is -0.486 e. The number of hydrogen-bond acceptors (Lipinski definition) is 2. The Bertz CT molecular complexity index is 560. The van der Waals surface area contributed by atoms with Gasteiger partial charge in [0.1, 0.15) is 6.61 Å². The highest BCUT2D eigenvalue weighted by molar-refractivity contribution is 9.10. The van der Waals surface area contributed by atoms with E-state index in [0.717, 1.165) is 12.1 Å². The lowest BCUT2D eigenvalue weighted by Gasteiger charge is -2.09. The van der Waals surface area contributed by atoms with Gasteiger partial charge in [0.15, 0.2) is 11.6 Å². The van der Waals surface area contributed by atoms with Crippen molar-refractivity contribution >= 4 is 15.9 Å². The Hall–Kier alpha value is -1.39. The molecule has 1 N–H and O–H groups in total. The first-order chi connectivity index (χ1) is 9.19. The Balaban J connectivity index is 2.03. The van der Waals surface area contributed by atoms with Crippen LogP contribution in [0.3, 0.4) is 0 Å². The average Bonchev–Trinajstić information content (AvgIpc) is 2.38. The van der Waals surface area contributed by atoms with Crippen LogP contribution < -0.4 is 10.1 Å². The van der Waals surface area contributed by atoms with Crippen molar-refractivity contribution in [2.45, 2.75) is 13.2 Å². The van der Waals surface area contributed by atoms with E-state index in [1.807, 2.05) is 31.3 Å². The fourth-order valence-electron chi connectivity index (χ4n) is 1.79. The summed E-state index contributed by atoms with van der Waals surface area (Å²) in [5.41, 5.74) is 2.20. The van der Waals surface area contributed by atoms with Gasteiger partial charge in [-0.2, -0.15) is 0 Å². The van der Waals surface area contributed by atoms with Crippen molar-refractivity contribution < 1.29 is 9.13 Å². The van der Waals surface area contributed by atoms with Gasteiger partial charge >= 0.3 is 0 Å². The van der Waals surface area contributed by atoms with Crippen molar-refractivity contribution in [1.82, 2.24) is 5.32 Å². The molecule has 2 aromatic rings. The second-order valence-corrected chi connectivity index (χ2v) is 5.13. The summed E-state index contributed by atoms with van der Waals surface area (Å²) >= 11 is 3.22. The molecule has 0 heterocycles. The molecule has 0 amide bonds. The zero-order valence-electron chi connectivity index (χ0n) is 10.6. The Labute approximate surface area is 120 Å². The first-order valence-corrected chi connectivity index (χ1v) is 6.78. The van der Waals surface area contributed by atoms with Gasteiger partial charge in [-0.15, -0.1) is 0 Å². The molecule has 2 nitrogen and oxygen atoms in total. The number of rotatable bonds is 5. The summed E-state index contributed by atoms with van der Waals surface area (Å²) < 4.78 is 19.8. The molecule has 0 aromatic heterocycles. The van der Waals surface area contributed by atoms with E-state index in [4.69, 9.17) is 4.74 Å². The monoisotopic (exact) mass is 323 g/mol. The molecule has 0 atom stereocenters. The van der Waals surface area contributed by atoms with E-state index in [1.54, 1.807) is 12.1 Å². The number of benzene rings is 2. The quantitative estimate of drug-likeness (QED) is 0.901. The SMILES string of the molecule is CNCc1cccc(COc2ccc(Br)cc2F)c1. The number of hydrogen-bond donors (Lipinski definition) is 1. The molecular formula is C15H15BrFNO. The molecule has 0 bridgehead atoms. The third kappa shape index (κ3) is 4.04. The zero-order chi connectivity index (χ0) is 13.7. The maximum atomic E-state index is 13.6. The summed E-state index contributed by atoms with van der Waals surface area (Å²) in [6.07, 6.45) is 0. The van der Waals surface area contributed by atoms with E-state index in [9.17, 15) is 4.39 Å². The first kappa shape index (κ1) is 14.0. The highest BCUT2D eigenvalue weighted by Crippen LogP contribution is 2.22. The molecule has 4 heteroatoms. The van der Waals surface area contributed by atoms with Crippen LogP contribution in [0.5, 0.6) is 5.75 Å². The van der Waals surface area contributed by atoms with Gasteiger partial charge < -0.3 is 10.1 Å². The van der Waals surface area contributed by atoms with Crippen LogP contribution >= 0.6 is 15.9 Å². The third-order valence-electron chi connectivity index (χ3n) is 2.66. The average molecular weight is 324 g/mol. The van der Waals surface area contributed by atoms with E-state index in [-0.39, 0.29) is 11.6 Å². The van der Waals surface area contributed by atoms with Crippen molar-refractivity contribution in [3.8, 4) is 5.75 Å². The Morgan fingerprint density at radius 3 is 2.68 bits per heavy atom. The molecule has 0 saturated heterocycles. The van der Waals surface area contributed by atoms with Gasteiger partial charge in [0.2, 0.25) is 0 Å². The number of nitrogens with one attached hydrogen (secondary N) is 1. The van der Waals surface area contributed by atoms with Gasteiger partial charge in [-0.05, 0) is 36.4 Å². The fraction of sp³-hybridized carbons (Fsp3) is 0.200. The standard InChI is InChI=1S/C15H15BrFNO/c1-18-9-11-3-2-4-12(7-11)10-19-15-6-5-13(16)8-14(15)17/h2-8,18H,9-10H2,1H3. The normalized spacial score (nSPS) is 10.5. The van der Waals surface area contributed by atoms with Gasteiger partial charge in [-0.1, -0.05) is 40.2 Å². The maximum Gasteiger partial charge on any atom is 0.166 e. The summed E-state index contributed by atoms with van der Waals surface area (Å²) in [7, 11) is 1.90. The lowest BCUT2D eigenvalue weighted by Crippen LogP contribution is -2.05. The summed E-state index contributed by atoms with van der Waals surface area (Å²) in [6, 6.07) is 12.8. The summed E-state index contributed by atoms with van der Waals surface area (Å²) in [6.45, 7) is 1.16. The smallest absolute Gasteiger partial charge is 0.166 e. The lowest BCUT2D eigenvalue weighted by atomic mass is 10.1. The summed E-state index contributed by atoms with van der Waals surface area (Å²) in [5.74, 6) is -0.0945. The molecule has 0 saturated carbocycles. The number of halogens is 2. The molecular weight excluding hydrogens is 309 g/mol. The second-order valence-electron chi connectivity index (χ2n) is 4.21. The van der Waals surface area contributed by atoms with Crippen LogP contribution in [0.4, 0.5) is 4.39 Å². The first-order valence-electron chi connectivity index (χ1n) is 5.99. The van der Waals surface area contributed by atoms with Crippen molar-refractivity contribution in [2.24, 2.45) is 0 Å². The molecule has 0 unspecified atom stereocenters. The Morgan fingerprint density at radius 2 is 1.95 bits per heavy atom. The minimum absolute atomic E-state index is 0.266. The van der Waals surface area contributed by atoms with E-state index in [1.165, 1.54) is 11.6 Å². The largest absolute Gasteiger partial charge is 0.486 e. The van der Waals surface area contributed by atoms with Crippen molar-refractivity contribution in [3.63, 3.8) is 0 Å². The molecule has 0 aliphatic rings. The molecule has 0 radical (unpaired) electrons. The molecule has 0 spiro atoms.